The van der Waals surface area contributed by atoms with Crippen molar-refractivity contribution in [2.24, 2.45) is 5.73 Å². The third-order valence-electron chi connectivity index (χ3n) is 4.84. The topological polar surface area (TPSA) is 106 Å². The van der Waals surface area contributed by atoms with E-state index in [1.165, 1.54) is 10.8 Å². The summed E-state index contributed by atoms with van der Waals surface area (Å²) in [5.74, 6) is -1.59. The summed E-state index contributed by atoms with van der Waals surface area (Å²) in [5, 5.41) is 0.555. The Kier molecular flexibility index (Phi) is 6.08. The van der Waals surface area contributed by atoms with E-state index in [2.05, 4.69) is 4.98 Å². The van der Waals surface area contributed by atoms with Crippen molar-refractivity contribution in [3.8, 4) is 11.6 Å². The molecule has 4 rings (SSSR count). The van der Waals surface area contributed by atoms with Crippen LogP contribution in [0.4, 0.5) is 0 Å². The lowest BCUT2D eigenvalue weighted by Gasteiger charge is -2.20. The van der Waals surface area contributed by atoms with Gasteiger partial charge in [0.2, 0.25) is 5.88 Å². The zero-order valence-electron chi connectivity index (χ0n) is 17.0. The van der Waals surface area contributed by atoms with Gasteiger partial charge in [-0.15, -0.1) is 0 Å². The second-order valence-electron chi connectivity index (χ2n) is 7.56. The smallest absolute Gasteiger partial charge is 0.265 e. The lowest BCUT2D eigenvalue weighted by atomic mass is 10.1. The van der Waals surface area contributed by atoms with Gasteiger partial charge >= 0.3 is 0 Å². The number of benzene rings is 1. The van der Waals surface area contributed by atoms with E-state index in [9.17, 15) is 9.59 Å². The Balaban J connectivity index is 1.93. The molecule has 0 radical (unpaired) electrons. The van der Waals surface area contributed by atoms with Crippen molar-refractivity contribution in [2.45, 2.75) is 25.7 Å². The first-order chi connectivity index (χ1) is 15.1. The maximum atomic E-state index is 13.0. The zero-order chi connectivity index (χ0) is 23.2. The van der Waals surface area contributed by atoms with Crippen LogP contribution in [0.15, 0.2) is 35.3 Å². The number of aromatic nitrogens is 2. The average Bonchev–Trinajstić information content (AvgIpc) is 3.07. The van der Waals surface area contributed by atoms with Gasteiger partial charge in [0.05, 0.1) is 39.1 Å². The summed E-state index contributed by atoms with van der Waals surface area (Å²) < 4.78 is 18.4. The highest BCUT2D eigenvalue weighted by Gasteiger charge is 2.33. The first kappa shape index (κ1) is 22.8. The molecule has 0 saturated carbocycles. The number of ether oxygens (including phenoxy) is 3. The normalized spacial score (nSPS) is 17.6. The molecule has 2 aromatic heterocycles. The van der Waals surface area contributed by atoms with Crippen LogP contribution in [0, 0.1) is 0 Å². The fraction of sp³-hybridized carbons (Fsp3) is 0.286. The third kappa shape index (κ3) is 4.16. The van der Waals surface area contributed by atoms with Gasteiger partial charge in [0, 0.05) is 6.07 Å². The standard InChI is InChI=1S/C21H18Cl3N3O5/c1-21(2)31-9-10(32-21)8-30-20-16-15(28)6-14(19(25)29)27(18(16)13(24)7-26-20)17-11(22)4-3-5-12(17)23/h3-7,10H,8-9H2,1-2H3,(H2,25,29). The van der Waals surface area contributed by atoms with E-state index in [4.69, 9.17) is 54.7 Å². The molecule has 168 valence electrons. The van der Waals surface area contributed by atoms with Crippen molar-refractivity contribution in [1.82, 2.24) is 9.55 Å². The molecule has 0 spiro atoms. The molecule has 1 aliphatic rings. The van der Waals surface area contributed by atoms with Gasteiger partial charge in [0.25, 0.3) is 5.91 Å². The molecule has 3 aromatic rings. The molecule has 0 aliphatic carbocycles. The SMILES string of the molecule is CC1(C)OCC(COc2ncc(Cl)c3c2c(=O)cc(C(N)=O)n3-c2c(Cl)cccc2Cl)O1. The van der Waals surface area contributed by atoms with Gasteiger partial charge in [0.1, 0.15) is 23.8 Å². The maximum Gasteiger partial charge on any atom is 0.265 e. The van der Waals surface area contributed by atoms with E-state index < -0.39 is 17.1 Å². The van der Waals surface area contributed by atoms with Gasteiger partial charge in [-0.1, -0.05) is 40.9 Å². The van der Waals surface area contributed by atoms with Crippen molar-refractivity contribution in [3.63, 3.8) is 0 Å². The molecule has 1 atom stereocenters. The highest BCUT2D eigenvalue weighted by atomic mass is 35.5. The van der Waals surface area contributed by atoms with Crippen LogP contribution in [-0.2, 0) is 9.47 Å². The number of hydrogen-bond acceptors (Lipinski definition) is 6. The Morgan fingerprint density at radius 3 is 2.56 bits per heavy atom. The summed E-state index contributed by atoms with van der Waals surface area (Å²) in [7, 11) is 0. The minimum absolute atomic E-state index is 0.00986. The predicted molar refractivity (Wildman–Crippen MR) is 121 cm³/mol. The number of primary amides is 1. The summed E-state index contributed by atoms with van der Waals surface area (Å²) in [5.41, 5.74) is 5.24. The number of halogens is 3. The molecule has 1 saturated heterocycles. The van der Waals surface area contributed by atoms with Crippen molar-refractivity contribution < 1.29 is 19.0 Å². The third-order valence-corrected chi connectivity index (χ3v) is 5.72. The van der Waals surface area contributed by atoms with E-state index >= 15 is 0 Å². The molecule has 1 amide bonds. The molecule has 8 nitrogen and oxygen atoms in total. The van der Waals surface area contributed by atoms with Crippen LogP contribution in [0.1, 0.15) is 24.3 Å². The number of carbonyl (C=O) groups excluding carboxylic acids is 1. The summed E-state index contributed by atoms with van der Waals surface area (Å²) in [6.45, 7) is 3.99. The van der Waals surface area contributed by atoms with Crippen molar-refractivity contribution in [3.05, 3.63) is 61.4 Å². The van der Waals surface area contributed by atoms with Gasteiger partial charge in [0.15, 0.2) is 11.2 Å². The molecule has 32 heavy (non-hydrogen) atoms. The first-order valence-corrected chi connectivity index (χ1v) is 10.7. The molecule has 2 N–H and O–H groups in total. The van der Waals surface area contributed by atoms with Crippen LogP contribution in [-0.4, -0.2) is 40.6 Å². The second kappa shape index (κ2) is 8.53. The number of rotatable bonds is 5. The number of nitrogens with zero attached hydrogens (tertiary/aromatic N) is 2. The second-order valence-corrected chi connectivity index (χ2v) is 8.78. The quantitative estimate of drug-likeness (QED) is 0.570. The van der Waals surface area contributed by atoms with E-state index in [1.807, 2.05) is 0 Å². The average molecular weight is 499 g/mol. The van der Waals surface area contributed by atoms with Gasteiger partial charge in [-0.05, 0) is 26.0 Å². The minimum atomic E-state index is -0.867. The van der Waals surface area contributed by atoms with E-state index in [-0.39, 0.29) is 55.9 Å². The van der Waals surface area contributed by atoms with Crippen LogP contribution >= 0.6 is 34.8 Å². The Hall–Kier alpha value is -2.36. The fourth-order valence-electron chi connectivity index (χ4n) is 3.53. The molecular weight excluding hydrogens is 481 g/mol. The number of para-hydroxylation sites is 1. The van der Waals surface area contributed by atoms with E-state index in [0.29, 0.717) is 6.61 Å². The summed E-state index contributed by atoms with van der Waals surface area (Å²) in [6.07, 6.45) is 0.948. The van der Waals surface area contributed by atoms with Crippen molar-refractivity contribution >= 4 is 51.6 Å². The number of fused-ring (bicyclic) bond motifs is 1. The van der Waals surface area contributed by atoms with Crippen LogP contribution in [0.25, 0.3) is 16.6 Å². The molecule has 0 bridgehead atoms. The van der Waals surface area contributed by atoms with Gasteiger partial charge < -0.3 is 19.9 Å². The molecule has 1 fully saturated rings. The molecule has 11 heteroatoms. The molecule has 1 unspecified atom stereocenters. The Bertz CT molecular complexity index is 1270. The van der Waals surface area contributed by atoms with Gasteiger partial charge in [-0.25, -0.2) is 4.98 Å². The van der Waals surface area contributed by atoms with Gasteiger partial charge in [-0.3, -0.25) is 14.2 Å². The maximum absolute atomic E-state index is 13.0. The van der Waals surface area contributed by atoms with Crippen LogP contribution in [0.2, 0.25) is 15.1 Å². The summed E-state index contributed by atoms with van der Waals surface area (Å²) in [4.78, 5) is 29.4. The van der Waals surface area contributed by atoms with Crippen molar-refractivity contribution in [2.75, 3.05) is 13.2 Å². The predicted octanol–water partition coefficient (Wildman–Crippen LogP) is 3.98. The zero-order valence-corrected chi connectivity index (χ0v) is 19.3. The number of hydrogen-bond donors (Lipinski definition) is 1. The highest BCUT2D eigenvalue weighted by molar-refractivity contribution is 6.38. The number of nitrogens with two attached hydrogens (primary N) is 1. The van der Waals surface area contributed by atoms with Crippen LogP contribution in [0.3, 0.4) is 0 Å². The molecule has 1 aromatic carbocycles. The Labute approximate surface area is 197 Å². The Morgan fingerprint density at radius 1 is 1.28 bits per heavy atom. The number of carbonyl (C=O) groups is 1. The largest absolute Gasteiger partial charge is 0.474 e. The van der Waals surface area contributed by atoms with E-state index in [0.717, 1.165) is 6.07 Å². The lowest BCUT2D eigenvalue weighted by Crippen LogP contribution is -2.26. The highest BCUT2D eigenvalue weighted by Crippen LogP contribution is 2.36. The number of pyridine rings is 2. The number of amides is 1. The fourth-order valence-corrected chi connectivity index (χ4v) is 4.32. The van der Waals surface area contributed by atoms with Crippen LogP contribution in [0.5, 0.6) is 5.88 Å². The summed E-state index contributed by atoms with van der Waals surface area (Å²) in [6, 6.07) is 5.89. The van der Waals surface area contributed by atoms with Gasteiger partial charge in [-0.2, -0.15) is 0 Å². The minimum Gasteiger partial charge on any atom is -0.474 e. The Morgan fingerprint density at radius 2 is 1.97 bits per heavy atom. The van der Waals surface area contributed by atoms with Crippen LogP contribution < -0.4 is 15.9 Å². The van der Waals surface area contributed by atoms with E-state index in [1.54, 1.807) is 32.0 Å². The first-order valence-electron chi connectivity index (χ1n) is 9.52. The molecular formula is C21H18Cl3N3O5. The molecule has 3 heterocycles. The molecule has 1 aliphatic heterocycles. The lowest BCUT2D eigenvalue weighted by molar-refractivity contribution is -0.141. The monoisotopic (exact) mass is 497 g/mol. The van der Waals surface area contributed by atoms with Crippen molar-refractivity contribution in [1.29, 1.82) is 0 Å². The summed E-state index contributed by atoms with van der Waals surface area (Å²) >= 11 is 19.2.